The molecular weight excluding hydrogens is 167 g/mol. The van der Waals surface area contributed by atoms with Crippen molar-refractivity contribution in [2.75, 3.05) is 6.67 Å². The first-order valence-corrected chi connectivity index (χ1v) is 4.59. The molecule has 0 aromatic heterocycles. The molecule has 2 rings (SSSR count). The van der Waals surface area contributed by atoms with Crippen LogP contribution >= 0.6 is 0 Å². The molecule has 2 heteroatoms. The summed E-state index contributed by atoms with van der Waals surface area (Å²) >= 11 is 0. The Labute approximate surface area is 77.2 Å². The van der Waals surface area contributed by atoms with Gasteiger partial charge >= 0.3 is 0 Å². The van der Waals surface area contributed by atoms with Gasteiger partial charge < -0.3 is 5.11 Å². The predicted octanol–water partition coefficient (Wildman–Crippen LogP) is 2.05. The molecule has 1 aromatic carbocycles. The topological polar surface area (TPSA) is 20.2 Å². The molecule has 0 spiro atoms. The van der Waals surface area contributed by atoms with Gasteiger partial charge in [0, 0.05) is 5.41 Å². The van der Waals surface area contributed by atoms with E-state index in [4.69, 9.17) is 0 Å². The Morgan fingerprint density at radius 3 is 2.38 bits per heavy atom. The Morgan fingerprint density at radius 2 is 1.92 bits per heavy atom. The normalized spacial score (nSPS) is 21.1. The minimum absolute atomic E-state index is 0.268. The number of aliphatic hydroxyl groups excluding tert-OH is 1. The highest BCUT2D eigenvalue weighted by atomic mass is 19.1. The van der Waals surface area contributed by atoms with Crippen molar-refractivity contribution < 1.29 is 9.50 Å². The fourth-order valence-electron chi connectivity index (χ4n) is 1.87. The summed E-state index contributed by atoms with van der Waals surface area (Å²) in [6, 6.07) is 9.72. The van der Waals surface area contributed by atoms with Crippen molar-refractivity contribution >= 4 is 0 Å². The van der Waals surface area contributed by atoms with Crippen LogP contribution in [0.25, 0.3) is 0 Å². The molecule has 0 heterocycles. The number of rotatable bonds is 3. The summed E-state index contributed by atoms with van der Waals surface area (Å²) in [6.45, 7) is -0.644. The van der Waals surface area contributed by atoms with Crippen molar-refractivity contribution in [3.8, 4) is 0 Å². The number of hydrogen-bond donors (Lipinski definition) is 1. The molecule has 1 N–H and O–H groups in total. The second-order valence-electron chi connectivity index (χ2n) is 3.69. The third kappa shape index (κ3) is 1.35. The van der Waals surface area contributed by atoms with Gasteiger partial charge in [0.15, 0.2) is 0 Å². The fourth-order valence-corrected chi connectivity index (χ4v) is 1.87. The lowest BCUT2D eigenvalue weighted by Gasteiger charge is -2.19. The Morgan fingerprint density at radius 1 is 1.31 bits per heavy atom. The molecule has 1 aliphatic carbocycles. The summed E-state index contributed by atoms with van der Waals surface area (Å²) in [6.07, 6.45) is 0.986. The zero-order valence-corrected chi connectivity index (χ0v) is 7.41. The molecule has 0 amide bonds. The second kappa shape index (κ2) is 3.11. The molecule has 1 fully saturated rings. The zero-order valence-electron chi connectivity index (χ0n) is 7.41. The largest absolute Gasteiger partial charge is 0.389 e. The molecule has 1 nitrogen and oxygen atoms in total. The molecule has 0 saturated heterocycles. The van der Waals surface area contributed by atoms with E-state index < -0.39 is 12.8 Å². The molecule has 1 aliphatic rings. The molecule has 1 unspecified atom stereocenters. The molecule has 13 heavy (non-hydrogen) atoms. The molecule has 70 valence electrons. The van der Waals surface area contributed by atoms with Crippen molar-refractivity contribution in [3.63, 3.8) is 0 Å². The van der Waals surface area contributed by atoms with Crippen LogP contribution in [-0.4, -0.2) is 17.9 Å². The third-order valence-corrected chi connectivity index (χ3v) is 2.92. The van der Waals surface area contributed by atoms with Gasteiger partial charge in [-0.1, -0.05) is 30.3 Å². The van der Waals surface area contributed by atoms with Crippen LogP contribution in [0.4, 0.5) is 4.39 Å². The Bertz CT molecular complexity index is 279. The predicted molar refractivity (Wildman–Crippen MR) is 49.3 cm³/mol. The van der Waals surface area contributed by atoms with Crippen molar-refractivity contribution in [1.29, 1.82) is 0 Å². The van der Waals surface area contributed by atoms with Crippen LogP contribution in [0.5, 0.6) is 0 Å². The van der Waals surface area contributed by atoms with Gasteiger partial charge in [-0.25, -0.2) is 4.39 Å². The van der Waals surface area contributed by atoms with E-state index >= 15 is 0 Å². The van der Waals surface area contributed by atoms with Crippen LogP contribution in [-0.2, 0) is 5.41 Å². The summed E-state index contributed by atoms with van der Waals surface area (Å²) < 4.78 is 12.4. The van der Waals surface area contributed by atoms with Crippen LogP contribution in [0.2, 0.25) is 0 Å². The van der Waals surface area contributed by atoms with E-state index in [1.54, 1.807) is 0 Å². The van der Waals surface area contributed by atoms with Crippen LogP contribution in [0.1, 0.15) is 18.4 Å². The lowest BCUT2D eigenvalue weighted by atomic mass is 9.91. The lowest BCUT2D eigenvalue weighted by molar-refractivity contribution is 0.101. The van der Waals surface area contributed by atoms with Gasteiger partial charge in [-0.2, -0.15) is 0 Å². The van der Waals surface area contributed by atoms with E-state index in [0.29, 0.717) is 0 Å². The number of alkyl halides is 1. The maximum atomic E-state index is 12.4. The molecular formula is C11H13FO. The Hall–Kier alpha value is -0.890. The average molecular weight is 180 g/mol. The van der Waals surface area contributed by atoms with Gasteiger partial charge in [-0.05, 0) is 18.4 Å². The van der Waals surface area contributed by atoms with E-state index in [1.807, 2.05) is 30.3 Å². The van der Waals surface area contributed by atoms with E-state index in [-0.39, 0.29) is 5.41 Å². The van der Waals surface area contributed by atoms with Gasteiger partial charge in [-0.3, -0.25) is 0 Å². The third-order valence-electron chi connectivity index (χ3n) is 2.92. The molecule has 0 aliphatic heterocycles. The van der Waals surface area contributed by atoms with Crippen molar-refractivity contribution in [1.82, 2.24) is 0 Å². The van der Waals surface area contributed by atoms with Crippen molar-refractivity contribution in [3.05, 3.63) is 35.9 Å². The van der Waals surface area contributed by atoms with Crippen molar-refractivity contribution in [2.45, 2.75) is 24.4 Å². The van der Waals surface area contributed by atoms with E-state index in [9.17, 15) is 9.50 Å². The summed E-state index contributed by atoms with van der Waals surface area (Å²) in [7, 11) is 0. The van der Waals surface area contributed by atoms with Gasteiger partial charge in [-0.15, -0.1) is 0 Å². The number of hydrogen-bond acceptors (Lipinski definition) is 1. The minimum Gasteiger partial charge on any atom is -0.389 e. The zero-order chi connectivity index (χ0) is 9.31. The quantitative estimate of drug-likeness (QED) is 0.754. The van der Waals surface area contributed by atoms with Crippen LogP contribution < -0.4 is 0 Å². The SMILES string of the molecule is OC(CF)C1(c2ccccc2)CC1. The first-order chi connectivity index (χ1) is 6.29. The van der Waals surface area contributed by atoms with Crippen LogP contribution in [0.3, 0.4) is 0 Å². The Kier molecular flexibility index (Phi) is 2.08. The molecule has 1 atom stereocenters. The highest BCUT2D eigenvalue weighted by Gasteiger charge is 2.50. The van der Waals surface area contributed by atoms with Gasteiger partial charge in [0.25, 0.3) is 0 Å². The first-order valence-electron chi connectivity index (χ1n) is 4.59. The first kappa shape index (κ1) is 8.70. The highest BCUT2D eigenvalue weighted by Crippen LogP contribution is 2.50. The molecule has 1 aromatic rings. The Balaban J connectivity index is 2.26. The summed E-state index contributed by atoms with van der Waals surface area (Å²) in [5, 5.41) is 9.53. The molecule has 1 saturated carbocycles. The fraction of sp³-hybridized carbons (Fsp3) is 0.455. The monoisotopic (exact) mass is 180 g/mol. The van der Waals surface area contributed by atoms with E-state index in [1.165, 1.54) is 0 Å². The smallest absolute Gasteiger partial charge is 0.116 e. The number of aliphatic hydroxyl groups is 1. The maximum Gasteiger partial charge on any atom is 0.116 e. The number of benzene rings is 1. The van der Waals surface area contributed by atoms with Crippen LogP contribution in [0, 0.1) is 0 Å². The molecule has 0 bridgehead atoms. The van der Waals surface area contributed by atoms with Crippen molar-refractivity contribution in [2.24, 2.45) is 0 Å². The van der Waals surface area contributed by atoms with E-state index in [0.717, 1.165) is 18.4 Å². The van der Waals surface area contributed by atoms with Gasteiger partial charge in [0.1, 0.15) is 6.67 Å². The summed E-state index contributed by atoms with van der Waals surface area (Å²) in [5.41, 5.74) is 0.802. The van der Waals surface area contributed by atoms with Gasteiger partial charge in [0.05, 0.1) is 6.10 Å². The maximum absolute atomic E-state index is 12.4. The van der Waals surface area contributed by atoms with Gasteiger partial charge in [0.2, 0.25) is 0 Å². The standard InChI is InChI=1S/C11H13FO/c12-8-10(13)11(6-7-11)9-4-2-1-3-5-9/h1-5,10,13H,6-8H2. The summed E-state index contributed by atoms with van der Waals surface area (Å²) in [5.74, 6) is 0. The summed E-state index contributed by atoms with van der Waals surface area (Å²) in [4.78, 5) is 0. The molecule has 0 radical (unpaired) electrons. The van der Waals surface area contributed by atoms with E-state index in [2.05, 4.69) is 0 Å². The average Bonchev–Trinajstić information content (AvgIpc) is 2.99. The minimum atomic E-state index is -0.824. The second-order valence-corrected chi connectivity index (χ2v) is 3.69. The van der Waals surface area contributed by atoms with Crippen LogP contribution in [0.15, 0.2) is 30.3 Å². The highest BCUT2D eigenvalue weighted by molar-refractivity contribution is 5.32. The number of halogens is 1. The lowest BCUT2D eigenvalue weighted by Crippen LogP contribution is -2.27.